The Morgan fingerprint density at radius 1 is 0.842 bits per heavy atom. The minimum absolute atomic E-state index is 0. The van der Waals surface area contributed by atoms with Crippen LogP contribution in [0.15, 0.2) is 48.5 Å². The van der Waals surface area contributed by atoms with Crippen LogP contribution in [0.2, 0.25) is 10.0 Å². The van der Waals surface area contributed by atoms with E-state index in [-0.39, 0.29) is 12.4 Å². The highest BCUT2D eigenvalue weighted by Crippen LogP contribution is 2.15. The molecule has 0 atom stereocenters. The summed E-state index contributed by atoms with van der Waals surface area (Å²) in [4.78, 5) is 2.23. The molecule has 102 valence electrons. The molecule has 0 bridgehead atoms. The van der Waals surface area contributed by atoms with Gasteiger partial charge in [-0.2, -0.15) is 0 Å². The SMILES string of the molecule is CN(Cc1cccc(Cl)c1)Cc1cccc(Cl)c1.Cl. The molecule has 0 aliphatic heterocycles. The molecule has 0 fully saturated rings. The third-order valence-electron chi connectivity index (χ3n) is 2.68. The summed E-state index contributed by atoms with van der Waals surface area (Å²) in [5.41, 5.74) is 2.43. The molecular weight excluding hydrogens is 301 g/mol. The minimum atomic E-state index is 0. The van der Waals surface area contributed by atoms with Crippen LogP contribution in [0, 0.1) is 0 Å². The van der Waals surface area contributed by atoms with E-state index in [0.29, 0.717) is 0 Å². The lowest BCUT2D eigenvalue weighted by molar-refractivity contribution is 0.319. The lowest BCUT2D eigenvalue weighted by atomic mass is 10.2. The molecule has 0 saturated carbocycles. The van der Waals surface area contributed by atoms with Crippen molar-refractivity contribution in [2.24, 2.45) is 0 Å². The van der Waals surface area contributed by atoms with Gasteiger partial charge in [-0.15, -0.1) is 12.4 Å². The Hall–Kier alpha value is -0.730. The van der Waals surface area contributed by atoms with Gasteiger partial charge in [0.1, 0.15) is 0 Å². The summed E-state index contributed by atoms with van der Waals surface area (Å²) in [6.07, 6.45) is 0. The van der Waals surface area contributed by atoms with Crippen molar-refractivity contribution in [3.8, 4) is 0 Å². The summed E-state index contributed by atoms with van der Waals surface area (Å²) >= 11 is 11.9. The first kappa shape index (κ1) is 16.3. The Morgan fingerprint density at radius 2 is 1.26 bits per heavy atom. The highest BCUT2D eigenvalue weighted by molar-refractivity contribution is 6.30. The zero-order chi connectivity index (χ0) is 13.0. The highest BCUT2D eigenvalue weighted by atomic mass is 35.5. The summed E-state index contributed by atoms with van der Waals surface area (Å²) in [7, 11) is 2.09. The fourth-order valence-corrected chi connectivity index (χ4v) is 2.38. The molecule has 2 aromatic carbocycles. The Kier molecular flexibility index (Phi) is 6.67. The maximum Gasteiger partial charge on any atom is 0.0409 e. The second kappa shape index (κ2) is 7.76. The Bertz CT molecular complexity index is 481. The first-order valence-electron chi connectivity index (χ1n) is 5.81. The summed E-state index contributed by atoms with van der Waals surface area (Å²) in [6, 6.07) is 15.9. The van der Waals surface area contributed by atoms with Crippen LogP contribution in [0.25, 0.3) is 0 Å². The topological polar surface area (TPSA) is 3.24 Å². The normalized spacial score (nSPS) is 10.3. The van der Waals surface area contributed by atoms with Crippen molar-refractivity contribution < 1.29 is 0 Å². The number of hydrogen-bond donors (Lipinski definition) is 0. The van der Waals surface area contributed by atoms with E-state index in [1.54, 1.807) is 0 Å². The lowest BCUT2D eigenvalue weighted by Gasteiger charge is -2.17. The van der Waals surface area contributed by atoms with Gasteiger partial charge in [-0.05, 0) is 42.4 Å². The smallest absolute Gasteiger partial charge is 0.0409 e. The molecule has 0 radical (unpaired) electrons. The van der Waals surface area contributed by atoms with E-state index in [1.807, 2.05) is 36.4 Å². The second-order valence-electron chi connectivity index (χ2n) is 4.43. The van der Waals surface area contributed by atoms with Crippen LogP contribution in [-0.4, -0.2) is 11.9 Å². The Labute approximate surface area is 130 Å². The molecule has 0 amide bonds. The lowest BCUT2D eigenvalue weighted by Crippen LogP contribution is -2.17. The number of benzene rings is 2. The Morgan fingerprint density at radius 3 is 1.63 bits per heavy atom. The van der Waals surface area contributed by atoms with Gasteiger partial charge >= 0.3 is 0 Å². The van der Waals surface area contributed by atoms with Crippen LogP contribution in [0.3, 0.4) is 0 Å². The molecule has 0 saturated heterocycles. The average molecular weight is 317 g/mol. The maximum atomic E-state index is 5.97. The third kappa shape index (κ3) is 5.42. The number of halogens is 3. The Balaban J connectivity index is 0.00000180. The van der Waals surface area contributed by atoms with Gasteiger partial charge < -0.3 is 0 Å². The van der Waals surface area contributed by atoms with Crippen molar-refractivity contribution in [3.05, 3.63) is 69.7 Å². The second-order valence-corrected chi connectivity index (χ2v) is 5.31. The van der Waals surface area contributed by atoms with E-state index >= 15 is 0 Å². The minimum Gasteiger partial charge on any atom is -0.298 e. The van der Waals surface area contributed by atoms with Crippen molar-refractivity contribution in [1.29, 1.82) is 0 Å². The maximum absolute atomic E-state index is 5.97. The largest absolute Gasteiger partial charge is 0.298 e. The molecular formula is C15H16Cl3N. The molecule has 0 aromatic heterocycles. The number of hydrogen-bond acceptors (Lipinski definition) is 1. The van der Waals surface area contributed by atoms with E-state index in [9.17, 15) is 0 Å². The number of nitrogens with zero attached hydrogens (tertiary/aromatic N) is 1. The van der Waals surface area contributed by atoms with Crippen LogP contribution in [0.5, 0.6) is 0 Å². The van der Waals surface area contributed by atoms with Gasteiger partial charge in [0.05, 0.1) is 0 Å². The molecule has 2 rings (SSSR count). The highest BCUT2D eigenvalue weighted by Gasteiger charge is 2.03. The molecule has 1 nitrogen and oxygen atoms in total. The fourth-order valence-electron chi connectivity index (χ4n) is 1.95. The van der Waals surface area contributed by atoms with Crippen LogP contribution < -0.4 is 0 Å². The van der Waals surface area contributed by atoms with E-state index < -0.39 is 0 Å². The summed E-state index contributed by atoms with van der Waals surface area (Å²) in [5.74, 6) is 0. The van der Waals surface area contributed by atoms with Crippen molar-refractivity contribution >= 4 is 35.6 Å². The molecule has 0 spiro atoms. The van der Waals surface area contributed by atoms with Crippen LogP contribution in [0.4, 0.5) is 0 Å². The predicted octanol–water partition coefficient (Wildman–Crippen LogP) is 5.05. The summed E-state index contributed by atoms with van der Waals surface area (Å²) < 4.78 is 0. The fraction of sp³-hybridized carbons (Fsp3) is 0.200. The summed E-state index contributed by atoms with van der Waals surface area (Å²) in [6.45, 7) is 1.74. The first-order chi connectivity index (χ1) is 8.63. The predicted molar refractivity (Wildman–Crippen MR) is 85.3 cm³/mol. The van der Waals surface area contributed by atoms with Gasteiger partial charge in [0.25, 0.3) is 0 Å². The van der Waals surface area contributed by atoms with Gasteiger partial charge in [-0.3, -0.25) is 4.90 Å². The van der Waals surface area contributed by atoms with Gasteiger partial charge in [0.2, 0.25) is 0 Å². The van der Waals surface area contributed by atoms with Crippen molar-refractivity contribution in [1.82, 2.24) is 4.90 Å². The number of rotatable bonds is 4. The average Bonchev–Trinajstić information content (AvgIpc) is 2.28. The van der Waals surface area contributed by atoms with Crippen molar-refractivity contribution in [3.63, 3.8) is 0 Å². The molecule has 0 N–H and O–H groups in total. The van der Waals surface area contributed by atoms with Crippen LogP contribution >= 0.6 is 35.6 Å². The molecule has 0 aliphatic rings. The van der Waals surface area contributed by atoms with E-state index in [4.69, 9.17) is 23.2 Å². The summed E-state index contributed by atoms with van der Waals surface area (Å²) in [5, 5.41) is 1.56. The van der Waals surface area contributed by atoms with Gasteiger partial charge in [0, 0.05) is 23.1 Å². The van der Waals surface area contributed by atoms with Gasteiger partial charge in [0.15, 0.2) is 0 Å². The zero-order valence-corrected chi connectivity index (χ0v) is 13.0. The van der Waals surface area contributed by atoms with E-state index in [0.717, 1.165) is 23.1 Å². The third-order valence-corrected chi connectivity index (χ3v) is 3.15. The van der Waals surface area contributed by atoms with Gasteiger partial charge in [-0.1, -0.05) is 47.5 Å². The monoisotopic (exact) mass is 315 g/mol. The molecule has 19 heavy (non-hydrogen) atoms. The van der Waals surface area contributed by atoms with Gasteiger partial charge in [-0.25, -0.2) is 0 Å². The molecule has 2 aromatic rings. The van der Waals surface area contributed by atoms with Crippen LogP contribution in [0.1, 0.15) is 11.1 Å². The molecule has 4 heteroatoms. The molecule has 0 unspecified atom stereocenters. The standard InChI is InChI=1S/C15H15Cl2N.ClH/c1-18(10-12-4-2-6-14(16)8-12)11-13-5-3-7-15(17)9-13;/h2-9H,10-11H2,1H3;1H. The van der Waals surface area contributed by atoms with Crippen LogP contribution in [-0.2, 0) is 13.1 Å². The van der Waals surface area contributed by atoms with Crippen molar-refractivity contribution in [2.75, 3.05) is 7.05 Å². The van der Waals surface area contributed by atoms with E-state index in [1.165, 1.54) is 11.1 Å². The zero-order valence-electron chi connectivity index (χ0n) is 10.6. The molecule has 0 aliphatic carbocycles. The quantitative estimate of drug-likeness (QED) is 0.763. The molecule has 0 heterocycles. The first-order valence-corrected chi connectivity index (χ1v) is 6.56. The van der Waals surface area contributed by atoms with E-state index in [2.05, 4.69) is 24.1 Å². The van der Waals surface area contributed by atoms with Crippen molar-refractivity contribution in [2.45, 2.75) is 13.1 Å².